The van der Waals surface area contributed by atoms with E-state index in [9.17, 15) is 0 Å². The number of methoxy groups -OCH3 is 2. The number of likely N-dealkylation sites (N-methyl/N-ethyl adjacent to an activating group) is 1. The first-order chi connectivity index (χ1) is 21.4. The minimum Gasteiger partial charge on any atom is -0.497 e. The minimum absolute atomic E-state index is 0.0506. The van der Waals surface area contributed by atoms with Gasteiger partial charge in [-0.15, -0.1) is 0 Å². The second-order valence-corrected chi connectivity index (χ2v) is 12.8. The Bertz CT molecular complexity index is 1840. The third-order valence-corrected chi connectivity index (χ3v) is 10.7. The van der Waals surface area contributed by atoms with Crippen LogP contribution in [0.15, 0.2) is 90.5 Å². The molecule has 0 radical (unpaired) electrons. The molecule has 1 aliphatic carbocycles. The Hall–Kier alpha value is -4.26. The van der Waals surface area contributed by atoms with E-state index in [4.69, 9.17) is 9.47 Å². The number of ether oxygens (including phenoxy) is 2. The lowest BCUT2D eigenvalue weighted by molar-refractivity contribution is -0.134. The molecule has 3 fully saturated rings. The van der Waals surface area contributed by atoms with Crippen LogP contribution in [0.3, 0.4) is 0 Å². The molecule has 2 spiro atoms. The Morgan fingerprint density at radius 1 is 0.841 bits per heavy atom. The average molecular weight is 585 g/mol. The van der Waals surface area contributed by atoms with Crippen LogP contribution in [-0.2, 0) is 10.3 Å². The molecule has 44 heavy (non-hydrogen) atoms. The highest BCUT2D eigenvalue weighted by Crippen LogP contribution is 2.69. The SMILES string of the molecule is COc1ccc(/C=C2\CN(C)C[C@@]3(C2=O)[C@@H](c2ccc(OC)cc2)[C@H]2CCCN2[C@@]32C(=O)c3cccc4cccc2c34)cc1. The van der Waals surface area contributed by atoms with Gasteiger partial charge in [-0.2, -0.15) is 0 Å². The first-order valence-corrected chi connectivity index (χ1v) is 15.5. The van der Waals surface area contributed by atoms with Crippen molar-refractivity contribution in [2.45, 2.75) is 30.3 Å². The minimum atomic E-state index is -1.10. The van der Waals surface area contributed by atoms with Crippen molar-refractivity contribution in [1.29, 1.82) is 0 Å². The van der Waals surface area contributed by atoms with Crippen LogP contribution >= 0.6 is 0 Å². The fourth-order valence-corrected chi connectivity index (χ4v) is 9.29. The second kappa shape index (κ2) is 9.88. The Morgan fingerprint density at radius 2 is 1.52 bits per heavy atom. The van der Waals surface area contributed by atoms with E-state index in [0.717, 1.165) is 69.5 Å². The largest absolute Gasteiger partial charge is 0.497 e. The lowest BCUT2D eigenvalue weighted by Gasteiger charge is -2.52. The van der Waals surface area contributed by atoms with Gasteiger partial charge < -0.3 is 14.4 Å². The molecule has 3 aliphatic heterocycles. The molecule has 0 saturated carbocycles. The monoisotopic (exact) mass is 584 g/mol. The van der Waals surface area contributed by atoms with Crippen LogP contribution in [0.5, 0.6) is 11.5 Å². The Kier molecular flexibility index (Phi) is 6.13. The van der Waals surface area contributed by atoms with E-state index in [1.165, 1.54) is 0 Å². The molecule has 4 atom stereocenters. The normalized spacial score (nSPS) is 28.9. The number of Topliss-reactive ketones (excluding diaryl/α,β-unsaturated/α-hetero) is 2. The highest BCUT2D eigenvalue weighted by Gasteiger charge is 2.78. The number of rotatable bonds is 4. The van der Waals surface area contributed by atoms with Crippen LogP contribution in [0.4, 0.5) is 0 Å². The maximum absolute atomic E-state index is 15.6. The van der Waals surface area contributed by atoms with Crippen molar-refractivity contribution in [2.75, 3.05) is 40.9 Å². The maximum atomic E-state index is 15.6. The summed E-state index contributed by atoms with van der Waals surface area (Å²) in [5, 5.41) is 2.05. The van der Waals surface area contributed by atoms with Crippen molar-refractivity contribution in [3.8, 4) is 11.5 Å². The maximum Gasteiger partial charge on any atom is 0.189 e. The number of piperidine rings is 1. The lowest BCUT2D eigenvalue weighted by Crippen LogP contribution is -2.65. The zero-order chi connectivity index (χ0) is 30.2. The number of benzene rings is 4. The Labute approximate surface area is 257 Å². The quantitative estimate of drug-likeness (QED) is 0.271. The van der Waals surface area contributed by atoms with Crippen molar-refractivity contribution in [3.63, 3.8) is 0 Å². The third kappa shape index (κ3) is 3.44. The fraction of sp³-hybridized carbons (Fsp3) is 0.316. The number of carbonyl (C=O) groups is 2. The molecular weight excluding hydrogens is 548 g/mol. The van der Waals surface area contributed by atoms with Gasteiger partial charge >= 0.3 is 0 Å². The van der Waals surface area contributed by atoms with Crippen molar-refractivity contribution in [2.24, 2.45) is 5.41 Å². The van der Waals surface area contributed by atoms with Crippen LogP contribution in [0.25, 0.3) is 16.8 Å². The van der Waals surface area contributed by atoms with Gasteiger partial charge in [-0.3, -0.25) is 14.5 Å². The summed E-state index contributed by atoms with van der Waals surface area (Å²) >= 11 is 0. The summed E-state index contributed by atoms with van der Waals surface area (Å²) in [4.78, 5) is 35.6. The number of ketones is 2. The molecule has 0 unspecified atom stereocenters. The Balaban J connectivity index is 1.42. The number of hydrogen-bond donors (Lipinski definition) is 0. The summed E-state index contributed by atoms with van der Waals surface area (Å²) in [6, 6.07) is 28.4. The molecular formula is C38H36N2O4. The van der Waals surface area contributed by atoms with Gasteiger partial charge in [0.2, 0.25) is 0 Å². The van der Waals surface area contributed by atoms with Crippen LogP contribution in [0.2, 0.25) is 0 Å². The highest BCUT2D eigenvalue weighted by molar-refractivity contribution is 6.24. The van der Waals surface area contributed by atoms with Crippen molar-refractivity contribution < 1.29 is 19.1 Å². The summed E-state index contributed by atoms with van der Waals surface area (Å²) in [7, 11) is 5.41. The molecule has 222 valence electrons. The van der Waals surface area contributed by atoms with E-state index < -0.39 is 11.0 Å². The van der Waals surface area contributed by atoms with Crippen molar-refractivity contribution >= 4 is 28.4 Å². The number of nitrogens with zero attached hydrogens (tertiary/aromatic N) is 2. The number of fused-ring (bicyclic) bond motifs is 4. The summed E-state index contributed by atoms with van der Waals surface area (Å²) in [5.41, 5.74) is 2.35. The van der Waals surface area contributed by atoms with Crippen molar-refractivity contribution in [3.05, 3.63) is 113 Å². The lowest BCUT2D eigenvalue weighted by atomic mass is 9.54. The van der Waals surface area contributed by atoms with Crippen LogP contribution < -0.4 is 9.47 Å². The molecule has 0 N–H and O–H groups in total. The standard InChI is InChI=1S/C38H36N2O4/c1-39-22-27(21-24-12-16-28(43-2)17-13-24)35(41)37(23-39)34(26-14-18-29(44-3)19-15-26)32-11-6-20-40(32)38(37)31-10-5-8-25-7-4-9-30(33(25)31)36(38)42/h4-5,7-10,12-19,21,32,34H,6,11,20,22-23H2,1-3H3/b27-21+/t32-,34+,37+,38+/m1/s1. The topological polar surface area (TPSA) is 59.1 Å². The summed E-state index contributed by atoms with van der Waals surface area (Å²) in [5.74, 6) is 1.52. The molecule has 3 heterocycles. The van der Waals surface area contributed by atoms with Gasteiger partial charge in [-0.05, 0) is 84.2 Å². The first kappa shape index (κ1) is 27.3. The van der Waals surface area contributed by atoms with E-state index in [2.05, 4.69) is 53.2 Å². The average Bonchev–Trinajstić information content (AvgIpc) is 3.69. The molecule has 3 saturated heterocycles. The number of carbonyl (C=O) groups excluding carboxylic acids is 2. The van der Waals surface area contributed by atoms with Crippen LogP contribution in [0, 0.1) is 5.41 Å². The predicted octanol–water partition coefficient (Wildman–Crippen LogP) is 6.09. The molecule has 4 aliphatic rings. The number of likely N-dealkylation sites (tertiary alicyclic amines) is 1. The van der Waals surface area contributed by atoms with Gasteiger partial charge in [0.25, 0.3) is 0 Å². The molecule has 6 nitrogen and oxygen atoms in total. The highest BCUT2D eigenvalue weighted by atomic mass is 16.5. The van der Waals surface area contributed by atoms with E-state index >= 15 is 9.59 Å². The van der Waals surface area contributed by atoms with Gasteiger partial charge in [-0.25, -0.2) is 0 Å². The molecule has 6 heteroatoms. The van der Waals surface area contributed by atoms with Gasteiger partial charge in [0, 0.05) is 36.2 Å². The zero-order valence-corrected chi connectivity index (χ0v) is 25.4. The van der Waals surface area contributed by atoms with Gasteiger partial charge in [0.1, 0.15) is 17.0 Å². The third-order valence-electron chi connectivity index (χ3n) is 10.7. The van der Waals surface area contributed by atoms with Gasteiger partial charge in [0.15, 0.2) is 11.6 Å². The van der Waals surface area contributed by atoms with Crippen LogP contribution in [0.1, 0.15) is 45.8 Å². The van der Waals surface area contributed by atoms with E-state index in [1.807, 2.05) is 54.6 Å². The van der Waals surface area contributed by atoms with E-state index in [-0.39, 0.29) is 23.5 Å². The van der Waals surface area contributed by atoms with Gasteiger partial charge in [0.05, 0.1) is 19.6 Å². The molecule has 8 rings (SSSR count). The zero-order valence-electron chi connectivity index (χ0n) is 25.4. The first-order valence-electron chi connectivity index (χ1n) is 15.5. The second-order valence-electron chi connectivity index (χ2n) is 12.8. The summed E-state index contributed by atoms with van der Waals surface area (Å²) in [6.07, 6.45) is 3.95. The van der Waals surface area contributed by atoms with Gasteiger partial charge in [-0.1, -0.05) is 60.7 Å². The smallest absolute Gasteiger partial charge is 0.189 e. The van der Waals surface area contributed by atoms with Crippen LogP contribution in [-0.4, -0.2) is 68.3 Å². The molecule has 4 aromatic carbocycles. The van der Waals surface area contributed by atoms with E-state index in [1.54, 1.807) is 14.2 Å². The van der Waals surface area contributed by atoms with Crippen molar-refractivity contribution in [1.82, 2.24) is 9.80 Å². The summed E-state index contributed by atoms with van der Waals surface area (Å²) in [6.45, 7) is 1.79. The fourth-order valence-electron chi connectivity index (χ4n) is 9.29. The molecule has 0 aromatic heterocycles. The number of hydrogen-bond acceptors (Lipinski definition) is 6. The predicted molar refractivity (Wildman–Crippen MR) is 171 cm³/mol. The summed E-state index contributed by atoms with van der Waals surface area (Å²) < 4.78 is 10.9. The molecule has 0 amide bonds. The molecule has 0 bridgehead atoms. The Morgan fingerprint density at radius 3 is 2.23 bits per heavy atom. The molecule has 4 aromatic rings. The van der Waals surface area contributed by atoms with E-state index in [0.29, 0.717) is 13.1 Å².